The van der Waals surface area contributed by atoms with Crippen molar-refractivity contribution in [2.75, 3.05) is 6.54 Å². The zero-order valence-corrected chi connectivity index (χ0v) is 18.9. The molecule has 1 aromatic carbocycles. The van der Waals surface area contributed by atoms with Crippen LogP contribution in [0.5, 0.6) is 0 Å². The number of benzene rings is 1. The molecular weight excluding hydrogens is 372 g/mol. The van der Waals surface area contributed by atoms with Crippen molar-refractivity contribution >= 4 is 11.8 Å². The fourth-order valence-corrected chi connectivity index (χ4v) is 4.65. The topological polar surface area (TPSA) is 58.2 Å². The molecule has 2 amide bonds. The fraction of sp³-hybridized carbons (Fsp3) is 0.615. The standard InChI is InChI=1S/C26H40N2O2/c1-4-19-26(5-2,6-3)25(30)28-23(22-17-11-8-12-18-22)24(29)27-20-13-16-21-14-9-7-10-15-21/h4,7,9-10,14-15,22-23H,1,5-6,8,11-13,16-20H2,2-3H3,(H,27,29)(H,28,30). The van der Waals surface area contributed by atoms with Gasteiger partial charge in [0, 0.05) is 6.54 Å². The molecule has 1 aromatic rings. The first-order valence-electron chi connectivity index (χ1n) is 11.8. The van der Waals surface area contributed by atoms with Gasteiger partial charge in [-0.2, -0.15) is 0 Å². The minimum Gasteiger partial charge on any atom is -0.354 e. The molecule has 2 N–H and O–H groups in total. The molecular formula is C26H40N2O2. The molecule has 0 aliphatic heterocycles. The van der Waals surface area contributed by atoms with Crippen molar-refractivity contribution in [2.45, 2.75) is 84.1 Å². The van der Waals surface area contributed by atoms with Crippen LogP contribution < -0.4 is 10.6 Å². The Labute approximate surface area is 182 Å². The van der Waals surface area contributed by atoms with Gasteiger partial charge in [0.25, 0.3) is 0 Å². The summed E-state index contributed by atoms with van der Waals surface area (Å²) in [5.41, 5.74) is 0.811. The Kier molecular flexibility index (Phi) is 10.1. The number of amides is 2. The van der Waals surface area contributed by atoms with E-state index in [0.717, 1.165) is 51.4 Å². The molecule has 0 aromatic heterocycles. The van der Waals surface area contributed by atoms with Gasteiger partial charge in [0.1, 0.15) is 6.04 Å². The second-order valence-electron chi connectivity index (χ2n) is 8.71. The largest absolute Gasteiger partial charge is 0.354 e. The maximum absolute atomic E-state index is 13.3. The summed E-state index contributed by atoms with van der Waals surface area (Å²) < 4.78 is 0. The van der Waals surface area contributed by atoms with Crippen molar-refractivity contribution in [3.8, 4) is 0 Å². The summed E-state index contributed by atoms with van der Waals surface area (Å²) in [6.07, 6.45) is 11.3. The van der Waals surface area contributed by atoms with Crippen molar-refractivity contribution in [3.63, 3.8) is 0 Å². The van der Waals surface area contributed by atoms with Gasteiger partial charge in [-0.25, -0.2) is 0 Å². The lowest BCUT2D eigenvalue weighted by atomic mass is 9.77. The number of hydrogen-bond donors (Lipinski definition) is 2. The number of nitrogens with one attached hydrogen (secondary N) is 2. The van der Waals surface area contributed by atoms with Gasteiger partial charge in [-0.05, 0) is 56.4 Å². The van der Waals surface area contributed by atoms with Crippen molar-refractivity contribution < 1.29 is 9.59 Å². The molecule has 0 bridgehead atoms. The summed E-state index contributed by atoms with van der Waals surface area (Å²) in [5, 5.41) is 6.28. The smallest absolute Gasteiger partial charge is 0.242 e. The number of rotatable bonds is 12. The first kappa shape index (κ1) is 24.2. The summed E-state index contributed by atoms with van der Waals surface area (Å²) in [7, 11) is 0. The summed E-state index contributed by atoms with van der Waals surface area (Å²) in [6.45, 7) is 8.57. The van der Waals surface area contributed by atoms with Crippen LogP contribution in [0.25, 0.3) is 0 Å². The average Bonchev–Trinajstić information content (AvgIpc) is 2.79. The molecule has 4 heteroatoms. The van der Waals surface area contributed by atoms with E-state index in [0.29, 0.717) is 13.0 Å². The van der Waals surface area contributed by atoms with Crippen molar-refractivity contribution in [1.29, 1.82) is 0 Å². The predicted octanol–water partition coefficient (Wildman–Crippen LogP) is 5.18. The van der Waals surface area contributed by atoms with E-state index in [4.69, 9.17) is 0 Å². The second-order valence-corrected chi connectivity index (χ2v) is 8.71. The van der Waals surface area contributed by atoms with Gasteiger partial charge in [0.15, 0.2) is 0 Å². The maximum Gasteiger partial charge on any atom is 0.242 e. The van der Waals surface area contributed by atoms with Crippen LogP contribution in [-0.2, 0) is 16.0 Å². The van der Waals surface area contributed by atoms with Gasteiger partial charge < -0.3 is 10.6 Å². The van der Waals surface area contributed by atoms with Crippen molar-refractivity contribution in [1.82, 2.24) is 10.6 Å². The zero-order valence-electron chi connectivity index (χ0n) is 18.9. The van der Waals surface area contributed by atoms with Crippen LogP contribution in [-0.4, -0.2) is 24.4 Å². The molecule has 0 radical (unpaired) electrons. The highest BCUT2D eigenvalue weighted by Crippen LogP contribution is 2.33. The second kappa shape index (κ2) is 12.6. The first-order chi connectivity index (χ1) is 14.6. The van der Waals surface area contributed by atoms with Crippen LogP contribution >= 0.6 is 0 Å². The number of hydrogen-bond acceptors (Lipinski definition) is 2. The van der Waals surface area contributed by atoms with Crippen LogP contribution in [0.1, 0.15) is 77.2 Å². The monoisotopic (exact) mass is 412 g/mol. The van der Waals surface area contributed by atoms with Crippen molar-refractivity contribution in [3.05, 3.63) is 48.6 Å². The van der Waals surface area contributed by atoms with Gasteiger partial charge in [-0.3, -0.25) is 9.59 Å². The highest BCUT2D eigenvalue weighted by Gasteiger charge is 2.38. The van der Waals surface area contributed by atoms with E-state index in [1.807, 2.05) is 38.1 Å². The molecule has 1 saturated carbocycles. The Hall–Kier alpha value is -2.10. The summed E-state index contributed by atoms with van der Waals surface area (Å²) in [6, 6.07) is 9.89. The van der Waals surface area contributed by atoms with E-state index in [-0.39, 0.29) is 17.7 Å². The molecule has 1 aliphatic carbocycles. The number of carbonyl (C=O) groups is 2. The Morgan fingerprint density at radius 3 is 2.40 bits per heavy atom. The molecule has 0 saturated heterocycles. The van der Waals surface area contributed by atoms with Gasteiger partial charge in [0.05, 0.1) is 5.41 Å². The minimum absolute atomic E-state index is 0.00223. The normalized spacial score (nSPS) is 15.9. The lowest BCUT2D eigenvalue weighted by molar-refractivity contribution is -0.137. The average molecular weight is 413 g/mol. The third-order valence-electron chi connectivity index (χ3n) is 6.84. The fourth-order valence-electron chi connectivity index (χ4n) is 4.65. The third kappa shape index (κ3) is 6.72. The molecule has 0 spiro atoms. The van der Waals surface area contributed by atoms with Crippen molar-refractivity contribution in [2.24, 2.45) is 11.3 Å². The molecule has 30 heavy (non-hydrogen) atoms. The van der Waals surface area contributed by atoms with Crippen LogP contribution in [0.4, 0.5) is 0 Å². The summed E-state index contributed by atoms with van der Waals surface area (Å²) >= 11 is 0. The maximum atomic E-state index is 13.3. The molecule has 1 fully saturated rings. The molecule has 4 nitrogen and oxygen atoms in total. The highest BCUT2D eigenvalue weighted by atomic mass is 16.2. The quantitative estimate of drug-likeness (QED) is 0.367. The molecule has 1 aliphatic rings. The van der Waals surface area contributed by atoms with Crippen LogP contribution in [0.3, 0.4) is 0 Å². The molecule has 166 valence electrons. The van der Waals surface area contributed by atoms with E-state index >= 15 is 0 Å². The van der Waals surface area contributed by atoms with Gasteiger partial charge in [0.2, 0.25) is 11.8 Å². The first-order valence-corrected chi connectivity index (χ1v) is 11.8. The Balaban J connectivity index is 2.00. The zero-order chi connectivity index (χ0) is 21.8. The minimum atomic E-state index is -0.470. The van der Waals surface area contributed by atoms with E-state index in [9.17, 15) is 9.59 Å². The lowest BCUT2D eigenvalue weighted by Crippen LogP contribution is -2.55. The Bertz CT molecular complexity index is 661. The number of aryl methyl sites for hydroxylation is 1. The Morgan fingerprint density at radius 1 is 1.13 bits per heavy atom. The lowest BCUT2D eigenvalue weighted by Gasteiger charge is -2.35. The molecule has 2 rings (SSSR count). The Morgan fingerprint density at radius 2 is 1.80 bits per heavy atom. The summed E-state index contributed by atoms with van der Waals surface area (Å²) in [4.78, 5) is 26.4. The third-order valence-corrected chi connectivity index (χ3v) is 6.84. The van der Waals surface area contributed by atoms with Gasteiger partial charge in [-0.15, -0.1) is 6.58 Å². The van der Waals surface area contributed by atoms with E-state index in [1.54, 1.807) is 0 Å². The molecule has 1 unspecified atom stereocenters. The van der Waals surface area contributed by atoms with Gasteiger partial charge in [-0.1, -0.05) is 69.5 Å². The highest BCUT2D eigenvalue weighted by molar-refractivity contribution is 5.90. The van der Waals surface area contributed by atoms with Crippen LogP contribution in [0, 0.1) is 11.3 Å². The SMILES string of the molecule is C=CCC(CC)(CC)C(=O)NC(C(=O)NCCCc1ccccc1)C1CCCCC1. The molecule has 1 atom stereocenters. The van der Waals surface area contributed by atoms with E-state index in [1.165, 1.54) is 12.0 Å². The molecule has 0 heterocycles. The van der Waals surface area contributed by atoms with Crippen LogP contribution in [0.15, 0.2) is 43.0 Å². The number of allylic oxidation sites excluding steroid dienone is 1. The van der Waals surface area contributed by atoms with E-state index < -0.39 is 11.5 Å². The van der Waals surface area contributed by atoms with Gasteiger partial charge >= 0.3 is 0 Å². The van der Waals surface area contributed by atoms with E-state index in [2.05, 4.69) is 29.3 Å². The van der Waals surface area contributed by atoms with Crippen LogP contribution in [0.2, 0.25) is 0 Å². The summed E-state index contributed by atoms with van der Waals surface area (Å²) in [5.74, 6) is 0.206. The number of carbonyl (C=O) groups excluding carboxylic acids is 2. The predicted molar refractivity (Wildman–Crippen MR) is 124 cm³/mol.